The lowest BCUT2D eigenvalue weighted by molar-refractivity contribution is 0.0277. The molecule has 2 fully saturated rings. The van der Waals surface area contributed by atoms with E-state index in [9.17, 15) is 0 Å². The highest BCUT2D eigenvalue weighted by atomic mass is 16.5. The Kier molecular flexibility index (Phi) is 7.20. The average Bonchev–Trinajstić information content (AvgIpc) is 3.29. The van der Waals surface area contributed by atoms with Gasteiger partial charge in [-0.1, -0.05) is 19.3 Å². The number of nitrogens with zero attached hydrogens (tertiary/aromatic N) is 1. The van der Waals surface area contributed by atoms with E-state index in [1.165, 1.54) is 44.9 Å². The van der Waals surface area contributed by atoms with Crippen LogP contribution in [0.2, 0.25) is 0 Å². The molecule has 0 aliphatic heterocycles. The molecule has 0 aromatic heterocycles. The van der Waals surface area contributed by atoms with Crippen LogP contribution in [0.15, 0.2) is 4.99 Å². The Hall–Kier alpha value is -0.770. The van der Waals surface area contributed by atoms with Crippen molar-refractivity contribution in [3.05, 3.63) is 0 Å². The van der Waals surface area contributed by atoms with Crippen LogP contribution >= 0.6 is 0 Å². The van der Waals surface area contributed by atoms with Gasteiger partial charge in [0.2, 0.25) is 0 Å². The predicted molar refractivity (Wildman–Crippen MR) is 84.1 cm³/mol. The molecule has 0 spiro atoms. The van der Waals surface area contributed by atoms with E-state index in [4.69, 9.17) is 4.74 Å². The minimum atomic E-state index is 0.528. The minimum absolute atomic E-state index is 0.528. The zero-order valence-electron chi connectivity index (χ0n) is 13.0. The highest BCUT2D eigenvalue weighted by Gasteiger charge is 2.20. The van der Waals surface area contributed by atoms with E-state index in [0.29, 0.717) is 6.10 Å². The molecule has 0 unspecified atom stereocenters. The minimum Gasteiger partial charge on any atom is -0.378 e. The Morgan fingerprint density at radius 2 is 1.90 bits per heavy atom. The SMILES string of the molecule is CCNC(=NCC1CC1)NCCCOC1CCCCC1. The van der Waals surface area contributed by atoms with E-state index in [2.05, 4.69) is 22.5 Å². The number of rotatable bonds is 8. The summed E-state index contributed by atoms with van der Waals surface area (Å²) in [5.41, 5.74) is 0. The van der Waals surface area contributed by atoms with Gasteiger partial charge in [-0.3, -0.25) is 4.99 Å². The quantitative estimate of drug-likeness (QED) is 0.408. The lowest BCUT2D eigenvalue weighted by Crippen LogP contribution is -2.38. The number of nitrogens with one attached hydrogen (secondary N) is 2. The highest BCUT2D eigenvalue weighted by molar-refractivity contribution is 5.79. The molecule has 0 atom stereocenters. The van der Waals surface area contributed by atoms with Crippen LogP contribution in [-0.2, 0) is 4.74 Å². The number of hydrogen-bond donors (Lipinski definition) is 2. The largest absolute Gasteiger partial charge is 0.378 e. The molecule has 0 radical (unpaired) electrons. The third-order valence-electron chi connectivity index (χ3n) is 4.07. The summed E-state index contributed by atoms with van der Waals surface area (Å²) in [7, 11) is 0. The Labute approximate surface area is 123 Å². The molecule has 2 aliphatic rings. The van der Waals surface area contributed by atoms with Crippen LogP contribution in [0.3, 0.4) is 0 Å². The summed E-state index contributed by atoms with van der Waals surface area (Å²) < 4.78 is 5.93. The van der Waals surface area contributed by atoms with Gasteiger partial charge < -0.3 is 15.4 Å². The molecular formula is C16H31N3O. The zero-order chi connectivity index (χ0) is 14.0. The third kappa shape index (κ3) is 6.60. The van der Waals surface area contributed by atoms with Gasteiger partial charge in [0.15, 0.2) is 5.96 Å². The molecule has 0 heterocycles. The van der Waals surface area contributed by atoms with Gasteiger partial charge in [0, 0.05) is 26.2 Å². The lowest BCUT2D eigenvalue weighted by Gasteiger charge is -2.22. The van der Waals surface area contributed by atoms with Crippen LogP contribution in [0.1, 0.15) is 58.3 Å². The first-order valence-corrected chi connectivity index (χ1v) is 8.52. The first-order chi connectivity index (χ1) is 9.88. The van der Waals surface area contributed by atoms with E-state index in [1.807, 2.05) is 0 Å². The number of aliphatic imine (C=N–C) groups is 1. The third-order valence-corrected chi connectivity index (χ3v) is 4.07. The van der Waals surface area contributed by atoms with Crippen molar-refractivity contribution in [2.75, 3.05) is 26.2 Å². The summed E-state index contributed by atoms with van der Waals surface area (Å²) in [4.78, 5) is 4.62. The second-order valence-electron chi connectivity index (χ2n) is 6.07. The van der Waals surface area contributed by atoms with Crippen LogP contribution in [0.4, 0.5) is 0 Å². The Bertz CT molecular complexity index is 283. The molecule has 0 saturated heterocycles. The first-order valence-electron chi connectivity index (χ1n) is 8.52. The normalized spacial score (nSPS) is 20.9. The fourth-order valence-corrected chi connectivity index (χ4v) is 2.62. The van der Waals surface area contributed by atoms with E-state index in [0.717, 1.165) is 44.5 Å². The summed E-state index contributed by atoms with van der Waals surface area (Å²) in [6, 6.07) is 0. The fourth-order valence-electron chi connectivity index (χ4n) is 2.62. The van der Waals surface area contributed by atoms with Crippen molar-refractivity contribution in [2.24, 2.45) is 10.9 Å². The van der Waals surface area contributed by atoms with Gasteiger partial charge in [-0.25, -0.2) is 0 Å². The molecule has 0 aromatic rings. The van der Waals surface area contributed by atoms with Crippen molar-refractivity contribution < 1.29 is 4.74 Å². The number of guanidine groups is 1. The van der Waals surface area contributed by atoms with Crippen molar-refractivity contribution in [3.8, 4) is 0 Å². The maximum atomic E-state index is 5.93. The van der Waals surface area contributed by atoms with Gasteiger partial charge >= 0.3 is 0 Å². The molecule has 2 N–H and O–H groups in total. The first kappa shape index (κ1) is 15.6. The van der Waals surface area contributed by atoms with Crippen LogP contribution < -0.4 is 10.6 Å². The predicted octanol–water partition coefficient (Wildman–Crippen LogP) is 2.69. The van der Waals surface area contributed by atoms with Gasteiger partial charge in [0.05, 0.1) is 6.10 Å². The fraction of sp³-hybridized carbons (Fsp3) is 0.938. The van der Waals surface area contributed by atoms with Crippen molar-refractivity contribution in [2.45, 2.75) is 64.4 Å². The van der Waals surface area contributed by atoms with E-state index in [-0.39, 0.29) is 0 Å². The second-order valence-corrected chi connectivity index (χ2v) is 6.07. The number of ether oxygens (including phenoxy) is 1. The maximum Gasteiger partial charge on any atom is 0.191 e. The Morgan fingerprint density at radius 1 is 1.10 bits per heavy atom. The van der Waals surface area contributed by atoms with Crippen molar-refractivity contribution in [3.63, 3.8) is 0 Å². The Morgan fingerprint density at radius 3 is 2.60 bits per heavy atom. The smallest absolute Gasteiger partial charge is 0.191 e. The van der Waals surface area contributed by atoms with Crippen LogP contribution in [0.25, 0.3) is 0 Å². The van der Waals surface area contributed by atoms with Crippen molar-refractivity contribution >= 4 is 5.96 Å². The Balaban J connectivity index is 1.51. The molecule has 2 aliphatic carbocycles. The van der Waals surface area contributed by atoms with Gasteiger partial charge in [0.25, 0.3) is 0 Å². The van der Waals surface area contributed by atoms with Crippen LogP contribution in [-0.4, -0.2) is 38.3 Å². The summed E-state index contributed by atoms with van der Waals surface area (Å²) in [6.45, 7) is 5.84. The summed E-state index contributed by atoms with van der Waals surface area (Å²) in [5.74, 6) is 1.82. The zero-order valence-corrected chi connectivity index (χ0v) is 13.0. The van der Waals surface area contributed by atoms with Crippen molar-refractivity contribution in [1.82, 2.24) is 10.6 Å². The molecule has 0 aromatic carbocycles. The molecule has 0 bridgehead atoms. The summed E-state index contributed by atoms with van der Waals surface area (Å²) in [5, 5.41) is 6.70. The molecule has 4 heteroatoms. The number of hydrogen-bond acceptors (Lipinski definition) is 2. The molecule has 116 valence electrons. The highest BCUT2D eigenvalue weighted by Crippen LogP contribution is 2.28. The molecule has 2 saturated carbocycles. The maximum absolute atomic E-state index is 5.93. The summed E-state index contributed by atoms with van der Waals surface area (Å²) in [6.07, 6.45) is 10.9. The van der Waals surface area contributed by atoms with Gasteiger partial charge in [-0.2, -0.15) is 0 Å². The lowest BCUT2D eigenvalue weighted by atomic mass is 9.98. The molecule has 4 nitrogen and oxygen atoms in total. The second kappa shape index (κ2) is 9.22. The van der Waals surface area contributed by atoms with Crippen LogP contribution in [0.5, 0.6) is 0 Å². The standard InChI is InChI=1S/C16H31N3O/c1-2-17-16(19-13-14-9-10-14)18-11-6-12-20-15-7-4-3-5-8-15/h14-15H,2-13H2,1H3,(H2,17,18,19). The topological polar surface area (TPSA) is 45.7 Å². The average molecular weight is 281 g/mol. The van der Waals surface area contributed by atoms with E-state index < -0.39 is 0 Å². The van der Waals surface area contributed by atoms with Gasteiger partial charge in [-0.15, -0.1) is 0 Å². The van der Waals surface area contributed by atoms with E-state index >= 15 is 0 Å². The van der Waals surface area contributed by atoms with Gasteiger partial charge in [-0.05, 0) is 44.9 Å². The molecule has 0 amide bonds. The monoisotopic (exact) mass is 281 g/mol. The molecular weight excluding hydrogens is 250 g/mol. The summed E-state index contributed by atoms with van der Waals surface area (Å²) >= 11 is 0. The molecule has 20 heavy (non-hydrogen) atoms. The molecule has 2 rings (SSSR count). The van der Waals surface area contributed by atoms with Crippen molar-refractivity contribution in [1.29, 1.82) is 0 Å². The van der Waals surface area contributed by atoms with E-state index in [1.54, 1.807) is 0 Å². The van der Waals surface area contributed by atoms with Gasteiger partial charge in [0.1, 0.15) is 0 Å². The van der Waals surface area contributed by atoms with Crippen LogP contribution in [0, 0.1) is 5.92 Å².